The molecule has 3 aromatic heterocycles. The molecule has 0 saturated carbocycles. The Labute approximate surface area is 179 Å². The number of piperidine rings is 1. The third-order valence-electron chi connectivity index (χ3n) is 4.81. The maximum Gasteiger partial charge on any atom is 0.247 e. The van der Waals surface area contributed by atoms with Gasteiger partial charge in [-0.1, -0.05) is 0 Å². The molecule has 0 radical (unpaired) electrons. The van der Waals surface area contributed by atoms with Crippen molar-refractivity contribution in [2.75, 3.05) is 11.9 Å². The van der Waals surface area contributed by atoms with E-state index < -0.39 is 0 Å². The van der Waals surface area contributed by atoms with Crippen LogP contribution in [0.1, 0.15) is 47.5 Å². The van der Waals surface area contributed by atoms with Gasteiger partial charge in [0.05, 0.1) is 22.9 Å². The number of thiazole rings is 1. The average Bonchev–Trinajstić information content (AvgIpc) is 3.17. The summed E-state index contributed by atoms with van der Waals surface area (Å²) in [7, 11) is 0. The number of aryl methyl sites for hydroxylation is 2. The summed E-state index contributed by atoms with van der Waals surface area (Å²) in [6, 6.07) is 1.70. The van der Waals surface area contributed by atoms with Crippen LogP contribution in [0.4, 0.5) is 11.6 Å². The molecule has 154 valence electrons. The Morgan fingerprint density at radius 2 is 2.10 bits per heavy atom. The predicted octanol–water partition coefficient (Wildman–Crippen LogP) is 3.85. The van der Waals surface area contributed by atoms with Gasteiger partial charge in [0.15, 0.2) is 5.82 Å². The molecule has 0 unspecified atom stereocenters. The van der Waals surface area contributed by atoms with Crippen molar-refractivity contribution in [3.05, 3.63) is 58.3 Å². The largest absolute Gasteiger partial charge is 0.329 e. The second-order valence-corrected chi connectivity index (χ2v) is 8.20. The molecule has 9 heteroatoms. The number of carbonyl (C=O) groups is 1. The summed E-state index contributed by atoms with van der Waals surface area (Å²) in [6.45, 7) is 4.56. The van der Waals surface area contributed by atoms with Gasteiger partial charge in [-0.05, 0) is 39.2 Å². The fraction of sp³-hybridized carbons (Fsp3) is 0.333. The van der Waals surface area contributed by atoms with Crippen molar-refractivity contribution in [3.63, 3.8) is 0 Å². The SMILES string of the molecule is Cc1cc(Nc2cnccn2)nc([C@@H]2CCCCN2C(=O)/C=C/c2csc(C)n2)n1. The Bertz CT molecular complexity index is 1050. The molecule has 0 bridgehead atoms. The molecular formula is C21H23N7OS. The number of nitrogens with one attached hydrogen (secondary N) is 1. The molecule has 4 heterocycles. The van der Waals surface area contributed by atoms with Crippen molar-refractivity contribution < 1.29 is 4.79 Å². The third kappa shape index (κ3) is 4.85. The zero-order chi connectivity index (χ0) is 20.9. The minimum atomic E-state index is -0.157. The van der Waals surface area contributed by atoms with Crippen LogP contribution < -0.4 is 5.32 Å². The van der Waals surface area contributed by atoms with Crippen molar-refractivity contribution >= 4 is 35.0 Å². The van der Waals surface area contributed by atoms with Gasteiger partial charge in [-0.2, -0.15) is 0 Å². The van der Waals surface area contributed by atoms with Crippen LogP contribution in [0.3, 0.4) is 0 Å². The van der Waals surface area contributed by atoms with Crippen molar-refractivity contribution in [2.24, 2.45) is 0 Å². The molecule has 0 aliphatic carbocycles. The van der Waals surface area contributed by atoms with Crippen molar-refractivity contribution in [1.29, 1.82) is 0 Å². The van der Waals surface area contributed by atoms with Crippen LogP contribution in [0, 0.1) is 13.8 Å². The smallest absolute Gasteiger partial charge is 0.247 e. The Hall–Kier alpha value is -3.20. The highest BCUT2D eigenvalue weighted by atomic mass is 32.1. The fourth-order valence-electron chi connectivity index (χ4n) is 3.47. The predicted molar refractivity (Wildman–Crippen MR) is 116 cm³/mol. The molecule has 1 aliphatic rings. The second kappa shape index (κ2) is 9.08. The highest BCUT2D eigenvalue weighted by molar-refractivity contribution is 7.09. The van der Waals surface area contributed by atoms with E-state index in [0.717, 1.165) is 35.7 Å². The average molecular weight is 422 g/mol. The summed E-state index contributed by atoms with van der Waals surface area (Å²) in [5.74, 6) is 1.86. The van der Waals surface area contributed by atoms with Gasteiger partial charge in [0.25, 0.3) is 0 Å². The normalized spacial score (nSPS) is 16.7. The Balaban J connectivity index is 1.56. The standard InChI is InChI=1S/C21H23N7OS/c1-14-11-18(26-19-12-22-8-9-23-19)27-21(24-14)17-5-3-4-10-28(17)20(29)7-6-16-13-30-15(2)25-16/h6-9,11-13,17H,3-5,10H2,1-2H3,(H,23,24,26,27)/b7-6+/t17-/m0/s1. The Morgan fingerprint density at radius 1 is 1.20 bits per heavy atom. The maximum absolute atomic E-state index is 12.9. The summed E-state index contributed by atoms with van der Waals surface area (Å²) < 4.78 is 0. The van der Waals surface area contributed by atoms with E-state index in [4.69, 9.17) is 0 Å². The first kappa shape index (κ1) is 20.1. The molecule has 1 aliphatic heterocycles. The first-order chi connectivity index (χ1) is 14.6. The molecule has 30 heavy (non-hydrogen) atoms. The molecule has 1 saturated heterocycles. The van der Waals surface area contributed by atoms with Gasteiger partial charge in [-0.25, -0.2) is 19.9 Å². The van der Waals surface area contributed by atoms with E-state index in [-0.39, 0.29) is 11.9 Å². The van der Waals surface area contributed by atoms with Gasteiger partial charge in [-0.15, -0.1) is 11.3 Å². The van der Waals surface area contributed by atoms with Gasteiger partial charge >= 0.3 is 0 Å². The van der Waals surface area contributed by atoms with Crippen molar-refractivity contribution in [2.45, 2.75) is 39.2 Å². The first-order valence-electron chi connectivity index (χ1n) is 9.88. The van der Waals surface area contributed by atoms with E-state index in [2.05, 4.69) is 30.2 Å². The Kier molecular flexibility index (Phi) is 6.08. The number of carbonyl (C=O) groups excluding carboxylic acids is 1. The topological polar surface area (TPSA) is 96.8 Å². The second-order valence-electron chi connectivity index (χ2n) is 7.14. The van der Waals surface area contributed by atoms with Crippen LogP contribution in [0.15, 0.2) is 36.1 Å². The summed E-state index contributed by atoms with van der Waals surface area (Å²) in [4.78, 5) is 36.8. The lowest BCUT2D eigenvalue weighted by Gasteiger charge is -2.34. The number of amides is 1. The molecule has 1 atom stereocenters. The van der Waals surface area contributed by atoms with Gasteiger partial charge < -0.3 is 10.2 Å². The van der Waals surface area contributed by atoms with Crippen molar-refractivity contribution in [3.8, 4) is 0 Å². The van der Waals surface area contributed by atoms with Crippen LogP contribution >= 0.6 is 11.3 Å². The minimum Gasteiger partial charge on any atom is -0.329 e. The summed E-state index contributed by atoms with van der Waals surface area (Å²) in [5, 5.41) is 6.09. The van der Waals surface area contributed by atoms with Gasteiger partial charge in [0, 0.05) is 42.2 Å². The lowest BCUT2D eigenvalue weighted by Crippen LogP contribution is -2.38. The van der Waals surface area contributed by atoms with E-state index in [0.29, 0.717) is 24.0 Å². The van der Waals surface area contributed by atoms with Crippen LogP contribution in [0.2, 0.25) is 0 Å². The quantitative estimate of drug-likeness (QED) is 0.625. The molecule has 0 spiro atoms. The number of aromatic nitrogens is 5. The van der Waals surface area contributed by atoms with E-state index in [1.54, 1.807) is 42.1 Å². The highest BCUT2D eigenvalue weighted by Gasteiger charge is 2.29. The number of rotatable bonds is 5. The number of hydrogen-bond acceptors (Lipinski definition) is 8. The Morgan fingerprint density at radius 3 is 2.87 bits per heavy atom. The van der Waals surface area contributed by atoms with Gasteiger partial charge in [0.1, 0.15) is 11.6 Å². The van der Waals surface area contributed by atoms with Gasteiger partial charge in [-0.3, -0.25) is 9.78 Å². The van der Waals surface area contributed by atoms with Crippen molar-refractivity contribution in [1.82, 2.24) is 29.8 Å². The molecule has 4 rings (SSSR count). The molecule has 3 aromatic rings. The molecule has 1 N–H and O–H groups in total. The van der Waals surface area contributed by atoms with Gasteiger partial charge in [0.2, 0.25) is 5.91 Å². The van der Waals surface area contributed by atoms with Crippen LogP contribution in [0.5, 0.6) is 0 Å². The fourth-order valence-corrected chi connectivity index (χ4v) is 4.05. The molecule has 1 amide bonds. The third-order valence-corrected chi connectivity index (χ3v) is 5.60. The molecule has 1 fully saturated rings. The zero-order valence-electron chi connectivity index (χ0n) is 16.9. The number of hydrogen-bond donors (Lipinski definition) is 1. The highest BCUT2D eigenvalue weighted by Crippen LogP contribution is 2.30. The van der Waals surface area contributed by atoms with Crippen LogP contribution in [-0.2, 0) is 4.79 Å². The first-order valence-corrected chi connectivity index (χ1v) is 10.8. The number of nitrogens with zero attached hydrogens (tertiary/aromatic N) is 6. The maximum atomic E-state index is 12.9. The summed E-state index contributed by atoms with van der Waals surface area (Å²) in [6.07, 6.45) is 11.1. The lowest BCUT2D eigenvalue weighted by atomic mass is 10.0. The van der Waals surface area contributed by atoms with E-state index in [9.17, 15) is 4.79 Å². The molecular weight excluding hydrogens is 398 g/mol. The summed E-state index contributed by atoms with van der Waals surface area (Å²) >= 11 is 1.57. The number of anilines is 2. The molecule has 8 nitrogen and oxygen atoms in total. The van der Waals surface area contributed by atoms with E-state index in [1.807, 2.05) is 30.2 Å². The van der Waals surface area contributed by atoms with Crippen LogP contribution in [0.25, 0.3) is 6.08 Å². The minimum absolute atomic E-state index is 0.0427. The summed E-state index contributed by atoms with van der Waals surface area (Å²) in [5.41, 5.74) is 1.64. The van der Waals surface area contributed by atoms with Crippen LogP contribution in [-0.4, -0.2) is 42.3 Å². The zero-order valence-corrected chi connectivity index (χ0v) is 17.8. The monoisotopic (exact) mass is 421 g/mol. The number of likely N-dealkylation sites (tertiary alicyclic amines) is 1. The lowest BCUT2D eigenvalue weighted by molar-refractivity contribution is -0.129. The van der Waals surface area contributed by atoms with E-state index in [1.165, 1.54) is 0 Å². The van der Waals surface area contributed by atoms with E-state index >= 15 is 0 Å². The molecule has 0 aromatic carbocycles.